The number of ether oxygens (including phenoxy) is 2. The fourth-order valence-electron chi connectivity index (χ4n) is 2.09. The number of likely N-dealkylation sites (N-methyl/N-ethyl adjacent to an activating group) is 1. The molecule has 1 aromatic rings. The molecule has 2 rings (SSSR count). The Bertz CT molecular complexity index is 403. The molecule has 4 heteroatoms. The van der Waals surface area contributed by atoms with Gasteiger partial charge in [-0.3, -0.25) is 0 Å². The number of epoxide rings is 1. The van der Waals surface area contributed by atoms with Gasteiger partial charge in [0, 0.05) is 6.54 Å². The van der Waals surface area contributed by atoms with E-state index >= 15 is 0 Å². The molecule has 0 amide bonds. The molecule has 4 nitrogen and oxygen atoms in total. The van der Waals surface area contributed by atoms with Crippen LogP contribution in [-0.2, 0) is 14.3 Å². The molecule has 1 aliphatic rings. The summed E-state index contributed by atoms with van der Waals surface area (Å²) in [7, 11) is 0. The Balaban J connectivity index is 1.71. The number of esters is 1. The molecule has 1 fully saturated rings. The topological polar surface area (TPSA) is 42.1 Å². The van der Waals surface area contributed by atoms with Gasteiger partial charge in [-0.1, -0.05) is 44.2 Å². The summed E-state index contributed by atoms with van der Waals surface area (Å²) in [5, 5.41) is 0. The Hall–Kier alpha value is -1.39. The predicted octanol–water partition coefficient (Wildman–Crippen LogP) is 2.01. The second-order valence-electron chi connectivity index (χ2n) is 4.58. The van der Waals surface area contributed by atoms with Gasteiger partial charge in [-0.2, -0.15) is 0 Å². The maximum absolute atomic E-state index is 11.8. The van der Waals surface area contributed by atoms with Gasteiger partial charge in [0.2, 0.25) is 0 Å². The van der Waals surface area contributed by atoms with Crippen molar-refractivity contribution in [3.63, 3.8) is 0 Å². The van der Waals surface area contributed by atoms with Gasteiger partial charge < -0.3 is 14.4 Å². The predicted molar refractivity (Wildman–Crippen MR) is 72.8 cm³/mol. The van der Waals surface area contributed by atoms with E-state index in [9.17, 15) is 4.79 Å². The minimum atomic E-state index is -0.417. The minimum Gasteiger partial charge on any atom is -0.462 e. The van der Waals surface area contributed by atoms with Crippen LogP contribution >= 0.6 is 0 Å². The summed E-state index contributed by atoms with van der Waals surface area (Å²) in [4.78, 5) is 14.0. The summed E-state index contributed by atoms with van der Waals surface area (Å²) >= 11 is 0. The van der Waals surface area contributed by atoms with Gasteiger partial charge in [-0.05, 0) is 18.7 Å². The van der Waals surface area contributed by atoms with Crippen molar-refractivity contribution in [2.75, 3.05) is 26.2 Å². The highest BCUT2D eigenvalue weighted by atomic mass is 16.6. The first-order chi connectivity index (χ1) is 9.26. The lowest BCUT2D eigenvalue weighted by Gasteiger charge is -2.17. The summed E-state index contributed by atoms with van der Waals surface area (Å²) < 4.78 is 10.6. The van der Waals surface area contributed by atoms with Crippen LogP contribution in [0.15, 0.2) is 30.3 Å². The van der Waals surface area contributed by atoms with Crippen LogP contribution in [-0.4, -0.2) is 43.2 Å². The van der Waals surface area contributed by atoms with E-state index in [-0.39, 0.29) is 12.1 Å². The molecule has 2 atom stereocenters. The number of hydrogen-bond acceptors (Lipinski definition) is 4. The number of nitrogens with zero attached hydrogens (tertiary/aromatic N) is 1. The van der Waals surface area contributed by atoms with E-state index in [1.54, 1.807) is 0 Å². The summed E-state index contributed by atoms with van der Waals surface area (Å²) in [6.07, 6.45) is -0.541. The molecule has 0 N–H and O–H groups in total. The Morgan fingerprint density at radius 3 is 2.58 bits per heavy atom. The van der Waals surface area contributed by atoms with E-state index in [0.29, 0.717) is 6.61 Å². The van der Waals surface area contributed by atoms with Gasteiger partial charge in [0.05, 0.1) is 0 Å². The number of carbonyl (C=O) groups is 1. The maximum atomic E-state index is 11.8. The average molecular weight is 263 g/mol. The number of carbonyl (C=O) groups excluding carboxylic acids is 1. The molecule has 0 aliphatic carbocycles. The highest BCUT2D eigenvalue weighted by molar-refractivity contribution is 5.78. The molecule has 104 valence electrons. The smallest absolute Gasteiger partial charge is 0.338 e. The van der Waals surface area contributed by atoms with Crippen LogP contribution < -0.4 is 0 Å². The molecule has 0 aromatic heterocycles. The molecule has 1 aromatic carbocycles. The van der Waals surface area contributed by atoms with Crippen molar-refractivity contribution in [3.8, 4) is 0 Å². The van der Waals surface area contributed by atoms with E-state index in [4.69, 9.17) is 9.47 Å². The fourth-order valence-corrected chi connectivity index (χ4v) is 2.09. The molecule has 1 saturated heterocycles. The monoisotopic (exact) mass is 263 g/mol. The van der Waals surface area contributed by atoms with E-state index < -0.39 is 6.10 Å². The van der Waals surface area contributed by atoms with E-state index in [2.05, 4.69) is 18.7 Å². The highest BCUT2D eigenvalue weighted by Crippen LogP contribution is 2.39. The van der Waals surface area contributed by atoms with E-state index in [0.717, 1.165) is 25.2 Å². The second-order valence-corrected chi connectivity index (χ2v) is 4.58. The highest BCUT2D eigenvalue weighted by Gasteiger charge is 2.47. The summed E-state index contributed by atoms with van der Waals surface area (Å²) in [6.45, 7) is 7.35. The molecule has 1 aliphatic heterocycles. The number of rotatable bonds is 7. The maximum Gasteiger partial charge on any atom is 0.338 e. The van der Waals surface area contributed by atoms with Gasteiger partial charge in [0.15, 0.2) is 6.10 Å². The summed E-state index contributed by atoms with van der Waals surface area (Å²) in [5.74, 6) is -0.249. The quantitative estimate of drug-likeness (QED) is 0.557. The molecule has 1 heterocycles. The summed E-state index contributed by atoms with van der Waals surface area (Å²) in [6, 6.07) is 9.77. The largest absolute Gasteiger partial charge is 0.462 e. The number of benzene rings is 1. The molecule has 0 radical (unpaired) electrons. The van der Waals surface area contributed by atoms with Crippen LogP contribution in [0.5, 0.6) is 0 Å². The van der Waals surface area contributed by atoms with Gasteiger partial charge >= 0.3 is 5.97 Å². The van der Waals surface area contributed by atoms with Gasteiger partial charge in [0.25, 0.3) is 0 Å². The number of hydrogen-bond donors (Lipinski definition) is 0. The van der Waals surface area contributed by atoms with E-state index in [1.807, 2.05) is 30.3 Å². The van der Waals surface area contributed by atoms with Crippen LogP contribution in [0, 0.1) is 0 Å². The van der Waals surface area contributed by atoms with Crippen LogP contribution in [0.3, 0.4) is 0 Å². The van der Waals surface area contributed by atoms with Crippen molar-refractivity contribution in [1.29, 1.82) is 0 Å². The third-order valence-corrected chi connectivity index (χ3v) is 3.40. The zero-order valence-corrected chi connectivity index (χ0v) is 11.5. The third-order valence-electron chi connectivity index (χ3n) is 3.40. The molecular formula is C15H21NO3. The molecule has 19 heavy (non-hydrogen) atoms. The van der Waals surface area contributed by atoms with Crippen molar-refractivity contribution in [2.45, 2.75) is 26.1 Å². The van der Waals surface area contributed by atoms with Crippen LogP contribution in [0.4, 0.5) is 0 Å². The average Bonchev–Trinajstić information content (AvgIpc) is 3.25. The molecule has 0 saturated carbocycles. The Kier molecular flexibility index (Phi) is 4.93. The van der Waals surface area contributed by atoms with Crippen LogP contribution in [0.1, 0.15) is 25.5 Å². The first kappa shape index (κ1) is 14.0. The second kappa shape index (κ2) is 6.68. The molecule has 0 bridgehead atoms. The third kappa shape index (κ3) is 3.78. The standard InChI is InChI=1S/C15H21NO3/c1-3-16(4-2)10-11-18-15(17)14-13(19-14)12-8-6-5-7-9-12/h5-9,13-14H,3-4,10-11H2,1-2H3/t13-,14+/m1/s1. The lowest BCUT2D eigenvalue weighted by molar-refractivity contribution is -0.145. The zero-order chi connectivity index (χ0) is 13.7. The zero-order valence-electron chi connectivity index (χ0n) is 11.5. The van der Waals surface area contributed by atoms with Crippen LogP contribution in [0.25, 0.3) is 0 Å². The molecule has 0 unspecified atom stereocenters. The van der Waals surface area contributed by atoms with Gasteiger partial charge in [0.1, 0.15) is 12.7 Å². The van der Waals surface area contributed by atoms with Gasteiger partial charge in [-0.25, -0.2) is 4.79 Å². The molecular weight excluding hydrogens is 242 g/mol. The minimum absolute atomic E-state index is 0.123. The Morgan fingerprint density at radius 2 is 1.95 bits per heavy atom. The SMILES string of the molecule is CCN(CC)CCOC(=O)[C@H]1O[C@@H]1c1ccccc1. The van der Waals surface area contributed by atoms with Crippen molar-refractivity contribution in [1.82, 2.24) is 4.90 Å². The van der Waals surface area contributed by atoms with Crippen molar-refractivity contribution in [2.24, 2.45) is 0 Å². The Labute approximate surface area is 114 Å². The fraction of sp³-hybridized carbons (Fsp3) is 0.533. The normalized spacial score (nSPS) is 21.4. The van der Waals surface area contributed by atoms with E-state index in [1.165, 1.54) is 0 Å². The van der Waals surface area contributed by atoms with Gasteiger partial charge in [-0.15, -0.1) is 0 Å². The van der Waals surface area contributed by atoms with Crippen molar-refractivity contribution >= 4 is 5.97 Å². The Morgan fingerprint density at radius 1 is 1.26 bits per heavy atom. The molecule has 0 spiro atoms. The first-order valence-corrected chi connectivity index (χ1v) is 6.85. The van der Waals surface area contributed by atoms with Crippen molar-refractivity contribution < 1.29 is 14.3 Å². The first-order valence-electron chi connectivity index (χ1n) is 6.85. The summed E-state index contributed by atoms with van der Waals surface area (Å²) in [5.41, 5.74) is 1.04. The van der Waals surface area contributed by atoms with Crippen molar-refractivity contribution in [3.05, 3.63) is 35.9 Å². The van der Waals surface area contributed by atoms with Crippen LogP contribution in [0.2, 0.25) is 0 Å². The lowest BCUT2D eigenvalue weighted by Crippen LogP contribution is -2.28. The lowest BCUT2D eigenvalue weighted by atomic mass is 10.1.